The van der Waals surface area contributed by atoms with Crippen molar-refractivity contribution in [2.24, 2.45) is 0 Å². The molecule has 0 radical (unpaired) electrons. The zero-order valence-corrected chi connectivity index (χ0v) is 10.7. The molecule has 0 saturated heterocycles. The molecule has 0 aliphatic heterocycles. The summed E-state index contributed by atoms with van der Waals surface area (Å²) in [6.07, 6.45) is 0. The fourth-order valence-corrected chi connectivity index (χ4v) is 2.44. The first-order valence-electron chi connectivity index (χ1n) is 4.93. The third-order valence-corrected chi connectivity index (χ3v) is 3.61. The summed E-state index contributed by atoms with van der Waals surface area (Å²) >= 11 is 7.61. The Hall–Kier alpha value is -1.12. The van der Waals surface area contributed by atoms with E-state index in [4.69, 9.17) is 11.6 Å². The van der Waals surface area contributed by atoms with E-state index in [1.807, 2.05) is 42.8 Å². The minimum absolute atomic E-state index is 0.00523. The van der Waals surface area contributed by atoms with E-state index in [2.05, 4.69) is 0 Å². The zero-order valence-electron chi connectivity index (χ0n) is 9.08. The Balaban J connectivity index is 2.49. The Bertz CT molecular complexity index is 529. The zero-order chi connectivity index (χ0) is 11.7. The number of hydrogen-bond donors (Lipinski definition) is 0. The van der Waals surface area contributed by atoms with E-state index in [1.165, 1.54) is 11.3 Å². The first-order chi connectivity index (χ1) is 7.59. The molecular weight excluding hydrogens is 240 g/mol. The maximum atomic E-state index is 12.1. The van der Waals surface area contributed by atoms with Crippen LogP contribution in [0.4, 0.5) is 0 Å². The molecule has 0 atom stereocenters. The fourth-order valence-electron chi connectivity index (χ4n) is 1.50. The van der Waals surface area contributed by atoms with Crippen LogP contribution in [0.3, 0.4) is 0 Å². The molecule has 0 spiro atoms. The van der Waals surface area contributed by atoms with Gasteiger partial charge in [-0.2, -0.15) is 11.3 Å². The number of hydrogen-bond acceptors (Lipinski definition) is 2. The molecule has 1 aromatic carbocycles. The maximum absolute atomic E-state index is 12.1. The number of carbonyl (C=O) groups is 1. The summed E-state index contributed by atoms with van der Waals surface area (Å²) < 4.78 is 0. The first kappa shape index (κ1) is 11.4. The average molecular weight is 251 g/mol. The van der Waals surface area contributed by atoms with Crippen LogP contribution in [-0.2, 0) is 0 Å². The van der Waals surface area contributed by atoms with Crippen LogP contribution in [0.15, 0.2) is 29.0 Å². The molecule has 0 fully saturated rings. The summed E-state index contributed by atoms with van der Waals surface area (Å²) in [6.45, 7) is 3.97. The highest BCUT2D eigenvalue weighted by atomic mass is 35.5. The second kappa shape index (κ2) is 4.40. The van der Waals surface area contributed by atoms with Gasteiger partial charge in [0.05, 0.1) is 5.02 Å². The molecule has 1 nitrogen and oxygen atoms in total. The first-order valence-corrected chi connectivity index (χ1v) is 6.25. The summed E-state index contributed by atoms with van der Waals surface area (Å²) in [5.41, 5.74) is 3.48. The predicted octanol–water partition coefficient (Wildman–Crippen LogP) is 4.25. The summed E-state index contributed by atoms with van der Waals surface area (Å²) in [4.78, 5) is 12.1. The molecule has 3 heteroatoms. The smallest absolute Gasteiger partial charge is 0.195 e. The molecule has 0 aliphatic rings. The SMILES string of the molecule is Cc1cc(Cl)c(C(=O)c2ccsc2)cc1C. The number of benzene rings is 1. The number of halogens is 1. The summed E-state index contributed by atoms with van der Waals surface area (Å²) in [6, 6.07) is 5.52. The number of aryl methyl sites for hydroxylation is 2. The molecule has 16 heavy (non-hydrogen) atoms. The molecule has 1 heterocycles. The molecule has 2 rings (SSSR count). The van der Waals surface area contributed by atoms with Gasteiger partial charge < -0.3 is 0 Å². The standard InChI is InChI=1S/C13H11ClOS/c1-8-5-11(12(14)6-9(8)2)13(15)10-3-4-16-7-10/h3-7H,1-2H3. The van der Waals surface area contributed by atoms with E-state index in [0.717, 1.165) is 11.1 Å². The average Bonchev–Trinajstić information content (AvgIpc) is 2.75. The van der Waals surface area contributed by atoms with Crippen molar-refractivity contribution in [3.63, 3.8) is 0 Å². The Morgan fingerprint density at radius 3 is 2.56 bits per heavy atom. The maximum Gasteiger partial charge on any atom is 0.195 e. The molecule has 0 amide bonds. The van der Waals surface area contributed by atoms with Crippen molar-refractivity contribution < 1.29 is 4.79 Å². The Labute approximate surface area is 104 Å². The van der Waals surface area contributed by atoms with Crippen molar-refractivity contribution in [1.29, 1.82) is 0 Å². The molecule has 0 aliphatic carbocycles. The lowest BCUT2D eigenvalue weighted by Gasteiger charge is -2.06. The largest absolute Gasteiger partial charge is 0.289 e. The van der Waals surface area contributed by atoms with Crippen LogP contribution in [0, 0.1) is 13.8 Å². The third-order valence-electron chi connectivity index (χ3n) is 2.61. The molecule has 1 aromatic heterocycles. The van der Waals surface area contributed by atoms with E-state index in [9.17, 15) is 4.79 Å². The van der Waals surface area contributed by atoms with Gasteiger partial charge in [0.2, 0.25) is 0 Å². The van der Waals surface area contributed by atoms with Crippen molar-refractivity contribution >= 4 is 28.7 Å². The normalized spacial score (nSPS) is 10.4. The van der Waals surface area contributed by atoms with E-state index >= 15 is 0 Å². The van der Waals surface area contributed by atoms with E-state index < -0.39 is 0 Å². The van der Waals surface area contributed by atoms with Crippen LogP contribution in [0.1, 0.15) is 27.0 Å². The second-order valence-corrected chi connectivity index (χ2v) is 4.94. The van der Waals surface area contributed by atoms with Crippen LogP contribution >= 0.6 is 22.9 Å². The monoisotopic (exact) mass is 250 g/mol. The summed E-state index contributed by atoms with van der Waals surface area (Å²) in [7, 11) is 0. The van der Waals surface area contributed by atoms with Gasteiger partial charge in [-0.25, -0.2) is 0 Å². The van der Waals surface area contributed by atoms with Crippen molar-refractivity contribution in [3.05, 3.63) is 56.2 Å². The van der Waals surface area contributed by atoms with Gasteiger partial charge in [0.25, 0.3) is 0 Å². The van der Waals surface area contributed by atoms with Crippen molar-refractivity contribution in [3.8, 4) is 0 Å². The molecule has 0 saturated carbocycles. The minimum atomic E-state index is -0.00523. The summed E-state index contributed by atoms with van der Waals surface area (Å²) in [5.74, 6) is -0.00523. The van der Waals surface area contributed by atoms with Gasteiger partial charge >= 0.3 is 0 Å². The highest BCUT2D eigenvalue weighted by molar-refractivity contribution is 7.08. The Kier molecular flexibility index (Phi) is 3.13. The van der Waals surface area contributed by atoms with Gasteiger partial charge in [0.1, 0.15) is 0 Å². The molecule has 82 valence electrons. The van der Waals surface area contributed by atoms with Gasteiger partial charge in [-0.3, -0.25) is 4.79 Å². The van der Waals surface area contributed by atoms with Gasteiger partial charge in [-0.15, -0.1) is 0 Å². The van der Waals surface area contributed by atoms with Gasteiger partial charge in [0.15, 0.2) is 5.78 Å². The molecular formula is C13H11ClOS. The van der Waals surface area contributed by atoms with E-state index in [0.29, 0.717) is 16.1 Å². The minimum Gasteiger partial charge on any atom is -0.289 e. The van der Waals surface area contributed by atoms with Crippen molar-refractivity contribution in [2.45, 2.75) is 13.8 Å². The Morgan fingerprint density at radius 1 is 1.25 bits per heavy atom. The third kappa shape index (κ3) is 2.04. The van der Waals surface area contributed by atoms with Crippen LogP contribution < -0.4 is 0 Å². The number of carbonyl (C=O) groups excluding carboxylic acids is 1. The van der Waals surface area contributed by atoms with Crippen LogP contribution in [-0.4, -0.2) is 5.78 Å². The molecule has 2 aromatic rings. The lowest BCUT2D eigenvalue weighted by atomic mass is 10.0. The fraction of sp³-hybridized carbons (Fsp3) is 0.154. The van der Waals surface area contributed by atoms with Crippen LogP contribution in [0.5, 0.6) is 0 Å². The highest BCUT2D eigenvalue weighted by Gasteiger charge is 2.14. The highest BCUT2D eigenvalue weighted by Crippen LogP contribution is 2.24. The van der Waals surface area contributed by atoms with Crippen LogP contribution in [0.25, 0.3) is 0 Å². The topological polar surface area (TPSA) is 17.1 Å². The molecule has 0 N–H and O–H groups in total. The van der Waals surface area contributed by atoms with Gasteiger partial charge in [-0.1, -0.05) is 11.6 Å². The summed E-state index contributed by atoms with van der Waals surface area (Å²) in [5, 5.41) is 4.26. The number of rotatable bonds is 2. The second-order valence-electron chi connectivity index (χ2n) is 3.76. The van der Waals surface area contributed by atoms with Crippen molar-refractivity contribution in [2.75, 3.05) is 0 Å². The predicted molar refractivity (Wildman–Crippen MR) is 68.7 cm³/mol. The lowest BCUT2D eigenvalue weighted by molar-refractivity contribution is 0.103. The molecule has 0 unspecified atom stereocenters. The van der Waals surface area contributed by atoms with E-state index in [1.54, 1.807) is 0 Å². The number of thiophene rings is 1. The van der Waals surface area contributed by atoms with Gasteiger partial charge in [0, 0.05) is 16.5 Å². The van der Waals surface area contributed by atoms with E-state index in [-0.39, 0.29) is 5.78 Å². The number of ketones is 1. The lowest BCUT2D eigenvalue weighted by Crippen LogP contribution is -2.01. The van der Waals surface area contributed by atoms with Crippen LogP contribution in [0.2, 0.25) is 5.02 Å². The Morgan fingerprint density at radius 2 is 1.94 bits per heavy atom. The quantitative estimate of drug-likeness (QED) is 0.729. The molecule has 0 bridgehead atoms. The van der Waals surface area contributed by atoms with Gasteiger partial charge in [-0.05, 0) is 48.6 Å². The van der Waals surface area contributed by atoms with Crippen molar-refractivity contribution in [1.82, 2.24) is 0 Å².